The van der Waals surface area contributed by atoms with Crippen LogP contribution < -0.4 is 10.6 Å². The molecule has 0 spiro atoms. The first-order valence-corrected chi connectivity index (χ1v) is 9.98. The molecule has 0 fully saturated rings. The third-order valence-electron chi connectivity index (χ3n) is 4.52. The number of Topliss-reactive ketones (excluding diaryl/α,β-unsaturated/α-hetero) is 1. The number of hydrogen-bond acceptors (Lipinski definition) is 5. The summed E-state index contributed by atoms with van der Waals surface area (Å²) in [4.78, 5) is 49.2. The van der Waals surface area contributed by atoms with Crippen LogP contribution in [0.4, 0.5) is 0 Å². The van der Waals surface area contributed by atoms with E-state index < -0.39 is 30.4 Å². The third-order valence-corrected chi connectivity index (χ3v) is 4.52. The number of carbonyl (C=O) groups excluding carboxylic acids is 4. The molecule has 3 aromatic rings. The number of benzene rings is 3. The van der Waals surface area contributed by atoms with Gasteiger partial charge >= 0.3 is 5.97 Å². The van der Waals surface area contributed by atoms with Crippen molar-refractivity contribution in [3.8, 4) is 0 Å². The molecule has 0 aliphatic carbocycles. The summed E-state index contributed by atoms with van der Waals surface area (Å²) in [5.41, 5.74) is 1.35. The zero-order valence-electron chi connectivity index (χ0n) is 17.2. The van der Waals surface area contributed by atoms with Gasteiger partial charge in [-0.1, -0.05) is 78.9 Å². The number of hydrogen-bond donors (Lipinski definition) is 2. The van der Waals surface area contributed by atoms with E-state index in [0.29, 0.717) is 16.7 Å². The fourth-order valence-corrected chi connectivity index (χ4v) is 2.91. The Hall–Kier alpha value is -4.26. The molecule has 32 heavy (non-hydrogen) atoms. The highest BCUT2D eigenvalue weighted by Crippen LogP contribution is 2.22. The Morgan fingerprint density at radius 3 is 1.78 bits per heavy atom. The van der Waals surface area contributed by atoms with Crippen molar-refractivity contribution >= 4 is 23.6 Å². The standard InChI is InChI=1S/C25H22N2O5/c28-21(16-27-25(31)20-14-8-3-9-15-20)26-17-22(29)32-24(19-12-6-2-7-13-19)23(30)18-10-4-1-5-11-18/h1-15,24H,16-17H2,(H,26,28)(H,27,31). The zero-order valence-corrected chi connectivity index (χ0v) is 17.2. The molecule has 0 radical (unpaired) electrons. The summed E-state index contributed by atoms with van der Waals surface area (Å²) < 4.78 is 5.41. The van der Waals surface area contributed by atoms with Gasteiger partial charge in [-0.15, -0.1) is 0 Å². The van der Waals surface area contributed by atoms with Crippen molar-refractivity contribution < 1.29 is 23.9 Å². The number of amides is 2. The topological polar surface area (TPSA) is 102 Å². The van der Waals surface area contributed by atoms with Gasteiger partial charge in [-0.3, -0.25) is 19.2 Å². The van der Waals surface area contributed by atoms with Crippen molar-refractivity contribution in [2.75, 3.05) is 13.1 Å². The number of ketones is 1. The molecule has 162 valence electrons. The second-order valence-electron chi connectivity index (χ2n) is 6.84. The fourth-order valence-electron chi connectivity index (χ4n) is 2.91. The average molecular weight is 430 g/mol. The predicted octanol–water partition coefficient (Wildman–Crippen LogP) is 2.70. The zero-order chi connectivity index (χ0) is 22.8. The number of esters is 1. The molecule has 2 amide bonds. The summed E-state index contributed by atoms with van der Waals surface area (Å²) in [6.45, 7) is -0.739. The molecular formula is C25H22N2O5. The molecule has 0 heterocycles. The van der Waals surface area contributed by atoms with E-state index in [9.17, 15) is 19.2 Å². The Bertz CT molecular complexity index is 1070. The van der Waals surface area contributed by atoms with Crippen LogP contribution in [-0.4, -0.2) is 36.7 Å². The van der Waals surface area contributed by atoms with E-state index in [4.69, 9.17) is 4.74 Å². The maximum Gasteiger partial charge on any atom is 0.326 e. The molecule has 3 aromatic carbocycles. The lowest BCUT2D eigenvalue weighted by atomic mass is 10.00. The molecule has 7 nitrogen and oxygen atoms in total. The van der Waals surface area contributed by atoms with Gasteiger partial charge in [0, 0.05) is 16.7 Å². The van der Waals surface area contributed by atoms with Crippen LogP contribution in [0.5, 0.6) is 0 Å². The maximum absolute atomic E-state index is 12.9. The molecule has 3 rings (SSSR count). The molecule has 0 aliphatic heterocycles. The second kappa shape index (κ2) is 11.2. The molecule has 0 saturated carbocycles. The van der Waals surface area contributed by atoms with E-state index in [1.165, 1.54) is 0 Å². The number of carbonyl (C=O) groups is 4. The highest BCUT2D eigenvalue weighted by Gasteiger charge is 2.26. The van der Waals surface area contributed by atoms with Crippen LogP contribution >= 0.6 is 0 Å². The lowest BCUT2D eigenvalue weighted by molar-refractivity contribution is -0.147. The van der Waals surface area contributed by atoms with Crippen LogP contribution in [-0.2, 0) is 14.3 Å². The van der Waals surface area contributed by atoms with Crippen molar-refractivity contribution in [3.63, 3.8) is 0 Å². The number of nitrogens with one attached hydrogen (secondary N) is 2. The fraction of sp³-hybridized carbons (Fsp3) is 0.120. The summed E-state index contributed by atoms with van der Waals surface area (Å²) in [6, 6.07) is 25.6. The smallest absolute Gasteiger partial charge is 0.326 e. The van der Waals surface area contributed by atoms with Crippen LogP contribution in [0, 0.1) is 0 Å². The largest absolute Gasteiger partial charge is 0.448 e. The van der Waals surface area contributed by atoms with Gasteiger partial charge < -0.3 is 15.4 Å². The van der Waals surface area contributed by atoms with Crippen molar-refractivity contribution in [3.05, 3.63) is 108 Å². The van der Waals surface area contributed by atoms with Crippen LogP contribution in [0.2, 0.25) is 0 Å². The number of ether oxygens (including phenoxy) is 1. The number of rotatable bonds is 9. The van der Waals surface area contributed by atoms with Crippen LogP contribution in [0.15, 0.2) is 91.0 Å². The van der Waals surface area contributed by atoms with Crippen molar-refractivity contribution in [1.29, 1.82) is 0 Å². The van der Waals surface area contributed by atoms with E-state index in [1.807, 2.05) is 0 Å². The van der Waals surface area contributed by atoms with Gasteiger partial charge in [0.15, 0.2) is 6.10 Å². The minimum atomic E-state index is -1.14. The third kappa shape index (κ3) is 6.37. The van der Waals surface area contributed by atoms with Crippen molar-refractivity contribution in [2.24, 2.45) is 0 Å². The molecule has 7 heteroatoms. The lowest BCUT2D eigenvalue weighted by Gasteiger charge is -2.17. The first kappa shape index (κ1) is 22.4. The molecule has 1 unspecified atom stereocenters. The Balaban J connectivity index is 1.55. The van der Waals surface area contributed by atoms with E-state index in [-0.39, 0.29) is 12.3 Å². The van der Waals surface area contributed by atoms with Gasteiger partial charge in [-0.2, -0.15) is 0 Å². The molecule has 1 atom stereocenters. The minimum absolute atomic E-state index is 0.300. The van der Waals surface area contributed by atoms with Gasteiger partial charge in [0.05, 0.1) is 6.54 Å². The normalized spacial score (nSPS) is 11.1. The monoisotopic (exact) mass is 430 g/mol. The molecule has 2 N–H and O–H groups in total. The van der Waals surface area contributed by atoms with E-state index in [0.717, 1.165) is 0 Å². The van der Waals surface area contributed by atoms with E-state index in [2.05, 4.69) is 10.6 Å². The Labute approximate surface area is 185 Å². The van der Waals surface area contributed by atoms with Gasteiger partial charge in [-0.25, -0.2) is 0 Å². The minimum Gasteiger partial charge on any atom is -0.448 e. The lowest BCUT2D eigenvalue weighted by Crippen LogP contribution is -2.39. The summed E-state index contributed by atoms with van der Waals surface area (Å²) in [5.74, 6) is -2.10. The highest BCUT2D eigenvalue weighted by atomic mass is 16.5. The molecule has 0 aliphatic rings. The van der Waals surface area contributed by atoms with Crippen LogP contribution in [0.3, 0.4) is 0 Å². The SMILES string of the molecule is O=C(CNC(=O)c1ccccc1)NCC(=O)OC(C(=O)c1ccccc1)c1ccccc1. The second-order valence-corrected chi connectivity index (χ2v) is 6.84. The Morgan fingerprint density at radius 2 is 1.19 bits per heavy atom. The Kier molecular flexibility index (Phi) is 7.86. The van der Waals surface area contributed by atoms with Crippen molar-refractivity contribution in [2.45, 2.75) is 6.10 Å². The molecule has 0 aromatic heterocycles. The van der Waals surface area contributed by atoms with Gasteiger partial charge in [-0.05, 0) is 12.1 Å². The van der Waals surface area contributed by atoms with Gasteiger partial charge in [0.1, 0.15) is 6.54 Å². The first-order valence-electron chi connectivity index (χ1n) is 9.98. The average Bonchev–Trinajstić information content (AvgIpc) is 2.85. The molecular weight excluding hydrogens is 408 g/mol. The summed E-state index contributed by atoms with van der Waals surface area (Å²) in [7, 11) is 0. The Morgan fingerprint density at radius 1 is 0.656 bits per heavy atom. The highest BCUT2D eigenvalue weighted by molar-refractivity contribution is 6.01. The molecule has 0 bridgehead atoms. The maximum atomic E-state index is 12.9. The summed E-state index contributed by atoms with van der Waals surface area (Å²) in [5, 5.41) is 4.86. The first-order chi connectivity index (χ1) is 15.5. The predicted molar refractivity (Wildman–Crippen MR) is 118 cm³/mol. The molecule has 0 saturated heterocycles. The quantitative estimate of drug-likeness (QED) is 0.402. The van der Waals surface area contributed by atoms with Crippen molar-refractivity contribution in [1.82, 2.24) is 10.6 Å². The van der Waals surface area contributed by atoms with E-state index >= 15 is 0 Å². The van der Waals surface area contributed by atoms with Gasteiger partial charge in [0.25, 0.3) is 5.91 Å². The van der Waals surface area contributed by atoms with Crippen LogP contribution in [0.1, 0.15) is 32.4 Å². The summed E-state index contributed by atoms with van der Waals surface area (Å²) in [6.07, 6.45) is -1.14. The summed E-state index contributed by atoms with van der Waals surface area (Å²) >= 11 is 0. The van der Waals surface area contributed by atoms with Gasteiger partial charge in [0.2, 0.25) is 11.7 Å². The van der Waals surface area contributed by atoms with Crippen LogP contribution in [0.25, 0.3) is 0 Å². The van der Waals surface area contributed by atoms with E-state index in [1.54, 1.807) is 91.0 Å².